The van der Waals surface area contributed by atoms with Crippen LogP contribution in [0.15, 0.2) is 24.3 Å². The molecule has 6 nitrogen and oxygen atoms in total. The van der Waals surface area contributed by atoms with Gasteiger partial charge in [-0.25, -0.2) is 4.79 Å². The molecule has 3 rings (SSSR count). The maximum absolute atomic E-state index is 13.1. The van der Waals surface area contributed by atoms with Crippen molar-refractivity contribution < 1.29 is 14.4 Å². The smallest absolute Gasteiger partial charge is 0.325 e. The SMILES string of the molecule is CCc1cccc(NC(=O)CN2C(=O)N[C@]3(C[C@H](C)CC(C)(C)C3)C2=O)c1. The monoisotopic (exact) mass is 371 g/mol. The van der Waals surface area contributed by atoms with Crippen molar-refractivity contribution in [2.45, 2.75) is 58.9 Å². The first kappa shape index (κ1) is 19.4. The third-order valence-corrected chi connectivity index (χ3v) is 5.54. The van der Waals surface area contributed by atoms with E-state index in [1.807, 2.05) is 25.1 Å². The van der Waals surface area contributed by atoms with Crippen molar-refractivity contribution in [2.75, 3.05) is 11.9 Å². The second kappa shape index (κ2) is 6.98. The molecule has 1 aromatic rings. The minimum absolute atomic E-state index is 0.0283. The maximum Gasteiger partial charge on any atom is 0.325 e. The highest BCUT2D eigenvalue weighted by atomic mass is 16.2. The number of benzene rings is 1. The highest BCUT2D eigenvalue weighted by Gasteiger charge is 2.56. The zero-order valence-electron chi connectivity index (χ0n) is 16.6. The molecule has 1 heterocycles. The van der Waals surface area contributed by atoms with E-state index >= 15 is 0 Å². The van der Waals surface area contributed by atoms with Crippen LogP contribution in [-0.4, -0.2) is 34.8 Å². The predicted octanol–water partition coefficient (Wildman–Crippen LogP) is 3.32. The summed E-state index contributed by atoms with van der Waals surface area (Å²) in [7, 11) is 0. The number of aryl methyl sites for hydroxylation is 1. The minimum Gasteiger partial charge on any atom is -0.325 e. The standard InChI is InChI=1S/C21H29N3O3/c1-5-15-7-6-8-16(9-15)22-17(25)12-24-18(26)21(23-19(24)27)11-14(2)10-20(3,4)13-21/h6-9,14H,5,10-13H2,1-4H3,(H,22,25)(H,23,27)/t14-,21+/m1/s1. The lowest BCUT2D eigenvalue weighted by atomic mass is 9.64. The molecule has 0 radical (unpaired) electrons. The van der Waals surface area contributed by atoms with Gasteiger partial charge in [-0.2, -0.15) is 0 Å². The average Bonchev–Trinajstić information content (AvgIpc) is 2.76. The van der Waals surface area contributed by atoms with Crippen LogP contribution in [0.4, 0.5) is 10.5 Å². The molecule has 0 aromatic heterocycles. The third kappa shape index (κ3) is 3.99. The fourth-order valence-corrected chi connectivity index (χ4v) is 4.86. The number of hydrogen-bond acceptors (Lipinski definition) is 3. The van der Waals surface area contributed by atoms with E-state index in [2.05, 4.69) is 31.4 Å². The van der Waals surface area contributed by atoms with Gasteiger partial charge in [-0.05, 0) is 54.7 Å². The van der Waals surface area contributed by atoms with Crippen LogP contribution in [-0.2, 0) is 16.0 Å². The minimum atomic E-state index is -0.874. The molecule has 1 spiro atoms. The number of urea groups is 1. The molecular formula is C21H29N3O3. The Bertz CT molecular complexity index is 774. The lowest BCUT2D eigenvalue weighted by Gasteiger charge is -2.43. The summed E-state index contributed by atoms with van der Waals surface area (Å²) in [6.07, 6.45) is 3.11. The fourth-order valence-electron chi connectivity index (χ4n) is 4.86. The number of carbonyl (C=O) groups is 3. The summed E-state index contributed by atoms with van der Waals surface area (Å²) in [5.74, 6) is -0.305. The van der Waals surface area contributed by atoms with Crippen LogP contribution in [0.25, 0.3) is 0 Å². The van der Waals surface area contributed by atoms with Crippen LogP contribution in [0.3, 0.4) is 0 Å². The lowest BCUT2D eigenvalue weighted by molar-refractivity contribution is -0.136. The van der Waals surface area contributed by atoms with E-state index in [1.54, 1.807) is 6.07 Å². The molecule has 1 saturated heterocycles. The van der Waals surface area contributed by atoms with Gasteiger partial charge in [0.15, 0.2) is 0 Å². The number of imide groups is 1. The number of carbonyl (C=O) groups excluding carboxylic acids is 3. The molecule has 0 unspecified atom stereocenters. The Labute approximate surface area is 160 Å². The van der Waals surface area contributed by atoms with Gasteiger partial charge in [-0.3, -0.25) is 14.5 Å². The number of nitrogens with zero attached hydrogens (tertiary/aromatic N) is 1. The van der Waals surface area contributed by atoms with Crippen molar-refractivity contribution in [1.29, 1.82) is 0 Å². The summed E-state index contributed by atoms with van der Waals surface area (Å²) < 4.78 is 0. The van der Waals surface area contributed by atoms with Crippen LogP contribution in [0.2, 0.25) is 0 Å². The molecular weight excluding hydrogens is 342 g/mol. The molecule has 1 aliphatic heterocycles. The number of amides is 4. The van der Waals surface area contributed by atoms with Gasteiger partial charge in [0.25, 0.3) is 5.91 Å². The van der Waals surface area contributed by atoms with Gasteiger partial charge >= 0.3 is 6.03 Å². The Kier molecular flexibility index (Phi) is 5.02. The van der Waals surface area contributed by atoms with Crippen LogP contribution >= 0.6 is 0 Å². The van der Waals surface area contributed by atoms with Crippen LogP contribution < -0.4 is 10.6 Å². The summed E-state index contributed by atoms with van der Waals surface area (Å²) in [6.45, 7) is 8.13. The lowest BCUT2D eigenvalue weighted by Crippen LogP contribution is -2.54. The van der Waals surface area contributed by atoms with E-state index < -0.39 is 11.6 Å². The molecule has 2 fully saturated rings. The highest BCUT2D eigenvalue weighted by Crippen LogP contribution is 2.46. The Balaban J connectivity index is 1.71. The third-order valence-electron chi connectivity index (χ3n) is 5.54. The first-order valence-corrected chi connectivity index (χ1v) is 9.67. The number of hydrogen-bond donors (Lipinski definition) is 2. The average molecular weight is 371 g/mol. The van der Waals surface area contributed by atoms with Gasteiger partial charge in [-0.15, -0.1) is 0 Å². The first-order chi connectivity index (χ1) is 12.6. The van der Waals surface area contributed by atoms with Crippen molar-refractivity contribution in [3.05, 3.63) is 29.8 Å². The molecule has 4 amide bonds. The molecule has 1 aromatic carbocycles. The van der Waals surface area contributed by atoms with E-state index in [0.29, 0.717) is 24.4 Å². The van der Waals surface area contributed by atoms with E-state index in [0.717, 1.165) is 23.3 Å². The van der Waals surface area contributed by atoms with Gasteiger partial charge in [-0.1, -0.05) is 39.8 Å². The number of nitrogens with one attached hydrogen (secondary N) is 2. The summed E-state index contributed by atoms with van der Waals surface area (Å²) in [6, 6.07) is 7.10. The number of anilines is 1. The quantitative estimate of drug-likeness (QED) is 0.797. The van der Waals surface area contributed by atoms with Crippen molar-refractivity contribution in [3.8, 4) is 0 Å². The summed E-state index contributed by atoms with van der Waals surface area (Å²) in [5.41, 5.74) is 0.883. The molecule has 2 N–H and O–H groups in total. The Morgan fingerprint density at radius 1 is 1.30 bits per heavy atom. The van der Waals surface area contributed by atoms with Crippen molar-refractivity contribution in [2.24, 2.45) is 11.3 Å². The molecule has 27 heavy (non-hydrogen) atoms. The zero-order valence-corrected chi connectivity index (χ0v) is 16.6. The predicted molar refractivity (Wildman–Crippen MR) is 104 cm³/mol. The Hall–Kier alpha value is -2.37. The summed E-state index contributed by atoms with van der Waals surface area (Å²) in [4.78, 5) is 39.1. The van der Waals surface area contributed by atoms with E-state index in [4.69, 9.17) is 0 Å². The topological polar surface area (TPSA) is 78.5 Å². The first-order valence-electron chi connectivity index (χ1n) is 9.67. The molecule has 146 valence electrons. The molecule has 0 bridgehead atoms. The van der Waals surface area contributed by atoms with Crippen LogP contribution in [0, 0.1) is 11.3 Å². The molecule has 1 saturated carbocycles. The van der Waals surface area contributed by atoms with Crippen molar-refractivity contribution in [1.82, 2.24) is 10.2 Å². The van der Waals surface area contributed by atoms with Gasteiger partial charge in [0.1, 0.15) is 12.1 Å². The Morgan fingerprint density at radius 3 is 2.70 bits per heavy atom. The molecule has 2 atom stereocenters. The van der Waals surface area contributed by atoms with Gasteiger partial charge in [0, 0.05) is 5.69 Å². The molecule has 1 aliphatic carbocycles. The highest BCUT2D eigenvalue weighted by molar-refractivity contribution is 6.10. The normalized spacial score (nSPS) is 27.0. The van der Waals surface area contributed by atoms with Crippen molar-refractivity contribution >= 4 is 23.5 Å². The molecule has 2 aliphatic rings. The maximum atomic E-state index is 13.1. The summed E-state index contributed by atoms with van der Waals surface area (Å²) >= 11 is 0. The van der Waals surface area contributed by atoms with Gasteiger partial charge in [0.2, 0.25) is 5.91 Å². The molecule has 6 heteroatoms. The van der Waals surface area contributed by atoms with Crippen molar-refractivity contribution in [3.63, 3.8) is 0 Å². The van der Waals surface area contributed by atoms with Gasteiger partial charge in [0.05, 0.1) is 0 Å². The van der Waals surface area contributed by atoms with Crippen LogP contribution in [0.5, 0.6) is 0 Å². The summed E-state index contributed by atoms with van der Waals surface area (Å²) in [5, 5.41) is 5.69. The fraction of sp³-hybridized carbons (Fsp3) is 0.571. The number of rotatable bonds is 4. The van der Waals surface area contributed by atoms with E-state index in [-0.39, 0.29) is 23.8 Å². The second-order valence-corrected chi connectivity index (χ2v) is 8.86. The van der Waals surface area contributed by atoms with Gasteiger partial charge < -0.3 is 10.6 Å². The van der Waals surface area contributed by atoms with E-state index in [1.165, 1.54) is 0 Å². The van der Waals surface area contributed by atoms with E-state index in [9.17, 15) is 14.4 Å². The Morgan fingerprint density at radius 2 is 2.04 bits per heavy atom. The largest absolute Gasteiger partial charge is 0.325 e. The zero-order chi connectivity index (χ0) is 19.8. The van der Waals surface area contributed by atoms with Crippen LogP contribution in [0.1, 0.15) is 52.5 Å². The second-order valence-electron chi connectivity index (χ2n) is 8.86.